The van der Waals surface area contributed by atoms with E-state index >= 15 is 0 Å². The molecule has 0 fully saturated rings. The molecule has 2 aromatic carbocycles. The van der Waals surface area contributed by atoms with Crippen molar-refractivity contribution in [3.05, 3.63) is 70.5 Å². The van der Waals surface area contributed by atoms with Crippen LogP contribution in [0.1, 0.15) is 22.3 Å². The van der Waals surface area contributed by atoms with Crippen LogP contribution in [0, 0.1) is 13.8 Å². The lowest BCUT2D eigenvalue weighted by Gasteiger charge is -2.21. The molecule has 1 N–H and O–H groups in total. The number of hydrogen-bond donors (Lipinski definition) is 1. The van der Waals surface area contributed by atoms with E-state index in [0.717, 1.165) is 16.9 Å². The van der Waals surface area contributed by atoms with Crippen LogP contribution in [0.5, 0.6) is 5.75 Å². The van der Waals surface area contributed by atoms with Gasteiger partial charge in [-0.1, -0.05) is 30.3 Å². The van der Waals surface area contributed by atoms with Gasteiger partial charge in [-0.05, 0) is 37.1 Å². The van der Waals surface area contributed by atoms with Crippen molar-refractivity contribution in [3.63, 3.8) is 0 Å². The van der Waals surface area contributed by atoms with Crippen molar-refractivity contribution in [1.29, 1.82) is 0 Å². The highest BCUT2D eigenvalue weighted by Gasteiger charge is 2.20. The molecule has 2 nitrogen and oxygen atoms in total. The molecule has 0 atom stereocenters. The van der Waals surface area contributed by atoms with Gasteiger partial charge in [-0.2, -0.15) is 0 Å². The van der Waals surface area contributed by atoms with Crippen LogP contribution >= 0.6 is 0 Å². The fourth-order valence-electron chi connectivity index (χ4n) is 2.29. The minimum Gasteiger partial charge on any atom is -0.508 e. The third-order valence-corrected chi connectivity index (χ3v) is 3.57. The van der Waals surface area contributed by atoms with E-state index in [4.69, 9.17) is 4.74 Å². The fraction of sp³-hybridized carbons (Fsp3) is 0.176. The molecule has 0 aliphatic carbocycles. The van der Waals surface area contributed by atoms with Crippen molar-refractivity contribution in [2.45, 2.75) is 20.3 Å². The Kier molecular flexibility index (Phi) is 2.79. The van der Waals surface area contributed by atoms with Crippen molar-refractivity contribution >= 4 is 5.76 Å². The molecule has 2 heteroatoms. The monoisotopic (exact) mass is 252 g/mol. The van der Waals surface area contributed by atoms with E-state index in [1.54, 1.807) is 0 Å². The maximum Gasteiger partial charge on any atom is 0.172 e. The average molecular weight is 252 g/mol. The van der Waals surface area contributed by atoms with Gasteiger partial charge in [0.25, 0.3) is 0 Å². The van der Waals surface area contributed by atoms with E-state index in [0.29, 0.717) is 17.9 Å². The van der Waals surface area contributed by atoms with Gasteiger partial charge in [0.15, 0.2) is 5.76 Å². The van der Waals surface area contributed by atoms with E-state index < -0.39 is 0 Å². The first-order chi connectivity index (χ1) is 9.15. The van der Waals surface area contributed by atoms with Crippen LogP contribution in [-0.4, -0.2) is 5.11 Å². The van der Waals surface area contributed by atoms with Crippen molar-refractivity contribution in [2.75, 3.05) is 0 Å². The lowest BCUT2D eigenvalue weighted by atomic mass is 10.0. The zero-order valence-electron chi connectivity index (χ0n) is 11.1. The van der Waals surface area contributed by atoms with Crippen LogP contribution in [0.4, 0.5) is 0 Å². The Hall–Kier alpha value is -2.22. The molecular weight excluding hydrogens is 236 g/mol. The zero-order chi connectivity index (χ0) is 13.4. The number of aliphatic hydroxyl groups is 1. The van der Waals surface area contributed by atoms with Crippen molar-refractivity contribution in [3.8, 4) is 5.75 Å². The Morgan fingerprint density at radius 1 is 1.00 bits per heavy atom. The fourth-order valence-corrected chi connectivity index (χ4v) is 2.29. The van der Waals surface area contributed by atoms with Crippen LogP contribution in [0.3, 0.4) is 0 Å². The molecule has 1 aliphatic heterocycles. The molecule has 1 aliphatic rings. The van der Waals surface area contributed by atoms with Gasteiger partial charge < -0.3 is 9.84 Å². The van der Waals surface area contributed by atoms with E-state index in [2.05, 4.69) is 26.0 Å². The van der Waals surface area contributed by atoms with Crippen LogP contribution < -0.4 is 4.74 Å². The lowest BCUT2D eigenvalue weighted by Crippen LogP contribution is -2.09. The smallest absolute Gasteiger partial charge is 0.172 e. The number of rotatable bonds is 1. The third-order valence-electron chi connectivity index (χ3n) is 3.57. The molecule has 0 spiro atoms. The van der Waals surface area contributed by atoms with E-state index in [1.807, 2.05) is 30.3 Å². The summed E-state index contributed by atoms with van der Waals surface area (Å²) in [6, 6.07) is 13.9. The number of ether oxygens (including phenoxy) is 1. The summed E-state index contributed by atoms with van der Waals surface area (Å²) in [6.07, 6.45) is 0.526. The maximum absolute atomic E-state index is 10.2. The molecule has 0 aromatic heterocycles. The van der Waals surface area contributed by atoms with E-state index in [-0.39, 0.29) is 0 Å². The number of aliphatic hydroxyl groups excluding tert-OH is 1. The maximum atomic E-state index is 10.2. The number of fused-ring (bicyclic) bond motifs is 1. The van der Waals surface area contributed by atoms with Gasteiger partial charge in [-0.25, -0.2) is 0 Å². The Bertz CT molecular complexity index is 669. The summed E-state index contributed by atoms with van der Waals surface area (Å²) in [5, 5.41) is 10.2. The largest absolute Gasteiger partial charge is 0.508 e. The van der Waals surface area contributed by atoms with Gasteiger partial charge in [0.1, 0.15) is 11.5 Å². The summed E-state index contributed by atoms with van der Waals surface area (Å²) >= 11 is 0. The highest BCUT2D eigenvalue weighted by Crippen LogP contribution is 2.33. The SMILES string of the molecule is Cc1ccc(C2=C(O)Cc3ccccc3O2)cc1C. The first-order valence-corrected chi connectivity index (χ1v) is 6.40. The van der Waals surface area contributed by atoms with Gasteiger partial charge in [0.2, 0.25) is 0 Å². The molecule has 19 heavy (non-hydrogen) atoms. The highest BCUT2D eigenvalue weighted by atomic mass is 16.5. The van der Waals surface area contributed by atoms with Gasteiger partial charge >= 0.3 is 0 Å². The molecule has 0 radical (unpaired) electrons. The van der Waals surface area contributed by atoms with Crippen molar-refractivity contribution in [2.24, 2.45) is 0 Å². The zero-order valence-corrected chi connectivity index (χ0v) is 11.1. The number of benzene rings is 2. The average Bonchev–Trinajstić information content (AvgIpc) is 2.41. The normalized spacial score (nSPS) is 14.0. The van der Waals surface area contributed by atoms with Gasteiger partial charge in [0, 0.05) is 17.5 Å². The summed E-state index contributed by atoms with van der Waals surface area (Å²) in [6.45, 7) is 4.14. The number of aryl methyl sites for hydroxylation is 2. The van der Waals surface area contributed by atoms with Crippen LogP contribution in [0.25, 0.3) is 5.76 Å². The molecule has 0 amide bonds. The number of para-hydroxylation sites is 1. The number of hydrogen-bond acceptors (Lipinski definition) is 2. The molecule has 0 unspecified atom stereocenters. The highest BCUT2D eigenvalue weighted by molar-refractivity contribution is 5.68. The second-order valence-electron chi connectivity index (χ2n) is 4.96. The minimum absolute atomic E-state index is 0.293. The standard InChI is InChI=1S/C17H16O2/c1-11-7-8-14(9-12(11)2)17-15(18)10-13-5-3-4-6-16(13)19-17/h3-9,18H,10H2,1-2H3. The van der Waals surface area contributed by atoms with Crippen LogP contribution in [0.2, 0.25) is 0 Å². The summed E-state index contributed by atoms with van der Waals surface area (Å²) in [7, 11) is 0. The number of allylic oxidation sites excluding steroid dienone is 1. The first kappa shape index (κ1) is 11.8. The Morgan fingerprint density at radius 3 is 2.58 bits per heavy atom. The minimum atomic E-state index is 0.293. The summed E-state index contributed by atoms with van der Waals surface area (Å²) in [4.78, 5) is 0. The van der Waals surface area contributed by atoms with Crippen LogP contribution in [-0.2, 0) is 6.42 Å². The predicted octanol–water partition coefficient (Wildman–Crippen LogP) is 4.17. The molecule has 1 heterocycles. The van der Waals surface area contributed by atoms with Crippen LogP contribution in [0.15, 0.2) is 48.2 Å². The third kappa shape index (κ3) is 2.10. The molecule has 0 bridgehead atoms. The Labute approximate surface area is 113 Å². The molecule has 96 valence electrons. The van der Waals surface area contributed by atoms with Gasteiger partial charge in [-0.15, -0.1) is 0 Å². The lowest BCUT2D eigenvalue weighted by molar-refractivity contribution is 0.358. The Balaban J connectivity index is 2.04. The second-order valence-corrected chi connectivity index (χ2v) is 4.96. The summed E-state index contributed by atoms with van der Waals surface area (Å²) in [5.74, 6) is 1.69. The summed E-state index contributed by atoms with van der Waals surface area (Å²) in [5.41, 5.74) is 4.38. The Morgan fingerprint density at radius 2 is 1.79 bits per heavy atom. The van der Waals surface area contributed by atoms with E-state index in [9.17, 15) is 5.11 Å². The molecular formula is C17H16O2. The van der Waals surface area contributed by atoms with Gasteiger partial charge in [-0.3, -0.25) is 0 Å². The molecule has 0 saturated heterocycles. The topological polar surface area (TPSA) is 29.5 Å². The molecule has 2 aromatic rings. The van der Waals surface area contributed by atoms with Crippen molar-refractivity contribution < 1.29 is 9.84 Å². The van der Waals surface area contributed by atoms with Crippen molar-refractivity contribution in [1.82, 2.24) is 0 Å². The second kappa shape index (κ2) is 4.47. The summed E-state index contributed by atoms with van der Waals surface area (Å²) < 4.78 is 5.85. The first-order valence-electron chi connectivity index (χ1n) is 6.40. The molecule has 0 saturated carbocycles. The quantitative estimate of drug-likeness (QED) is 0.825. The van der Waals surface area contributed by atoms with Gasteiger partial charge in [0.05, 0.1) is 0 Å². The predicted molar refractivity (Wildman–Crippen MR) is 76.2 cm³/mol. The van der Waals surface area contributed by atoms with E-state index in [1.165, 1.54) is 11.1 Å². The molecule has 3 rings (SSSR count).